The van der Waals surface area contributed by atoms with Crippen molar-refractivity contribution in [3.8, 4) is 11.5 Å². The molecular formula is C24H41N5O2. The van der Waals surface area contributed by atoms with Gasteiger partial charge in [0.25, 0.3) is 0 Å². The Morgan fingerprint density at radius 3 is 2.42 bits per heavy atom. The molecular weight excluding hydrogens is 390 g/mol. The van der Waals surface area contributed by atoms with E-state index in [-0.39, 0.29) is 11.6 Å². The summed E-state index contributed by atoms with van der Waals surface area (Å²) in [5, 5.41) is 7.22. The molecule has 0 spiro atoms. The predicted molar refractivity (Wildman–Crippen MR) is 127 cm³/mol. The normalized spacial score (nSPS) is 21.4. The van der Waals surface area contributed by atoms with Crippen molar-refractivity contribution < 1.29 is 9.47 Å². The number of guanidine groups is 1. The highest BCUT2D eigenvalue weighted by atomic mass is 16.5. The van der Waals surface area contributed by atoms with E-state index in [1.54, 1.807) is 14.2 Å². The van der Waals surface area contributed by atoms with Gasteiger partial charge in [0.2, 0.25) is 0 Å². The van der Waals surface area contributed by atoms with Gasteiger partial charge >= 0.3 is 0 Å². The van der Waals surface area contributed by atoms with Gasteiger partial charge in [-0.2, -0.15) is 0 Å². The van der Waals surface area contributed by atoms with Crippen molar-refractivity contribution in [2.24, 2.45) is 4.99 Å². The molecule has 7 heteroatoms. The third kappa shape index (κ3) is 5.83. The van der Waals surface area contributed by atoms with Gasteiger partial charge < -0.3 is 25.0 Å². The summed E-state index contributed by atoms with van der Waals surface area (Å²) in [7, 11) is 7.46. The minimum Gasteiger partial charge on any atom is -0.497 e. The number of likely N-dealkylation sites (tertiary alicyclic amines) is 2. The maximum absolute atomic E-state index is 5.57. The molecule has 1 unspecified atom stereocenters. The third-order valence-corrected chi connectivity index (χ3v) is 7.01. The Labute approximate surface area is 188 Å². The van der Waals surface area contributed by atoms with Crippen LogP contribution in [-0.2, 0) is 0 Å². The number of piperidine rings is 2. The molecule has 2 aliphatic rings. The largest absolute Gasteiger partial charge is 0.497 e. The smallest absolute Gasteiger partial charge is 0.191 e. The molecule has 0 aliphatic carbocycles. The lowest BCUT2D eigenvalue weighted by Gasteiger charge is -2.50. The molecule has 31 heavy (non-hydrogen) atoms. The molecule has 7 nitrogen and oxygen atoms in total. The number of hydrogen-bond donors (Lipinski definition) is 2. The summed E-state index contributed by atoms with van der Waals surface area (Å²) >= 11 is 0. The first-order valence-electron chi connectivity index (χ1n) is 11.6. The second-order valence-electron chi connectivity index (χ2n) is 8.97. The highest BCUT2D eigenvalue weighted by Gasteiger charge is 2.39. The third-order valence-electron chi connectivity index (χ3n) is 7.01. The Hall–Kier alpha value is -1.99. The average Bonchev–Trinajstić information content (AvgIpc) is 2.82. The Morgan fingerprint density at radius 1 is 1.10 bits per heavy atom. The van der Waals surface area contributed by atoms with Gasteiger partial charge in [-0.3, -0.25) is 9.89 Å². The summed E-state index contributed by atoms with van der Waals surface area (Å²) in [5.41, 5.74) is 1.26. The molecule has 0 aromatic heterocycles. The van der Waals surface area contributed by atoms with E-state index in [1.807, 2.05) is 25.2 Å². The number of rotatable bonds is 7. The van der Waals surface area contributed by atoms with Gasteiger partial charge in [0.1, 0.15) is 11.5 Å². The lowest BCUT2D eigenvalue weighted by atomic mass is 9.84. The van der Waals surface area contributed by atoms with E-state index in [0.29, 0.717) is 0 Å². The van der Waals surface area contributed by atoms with E-state index in [1.165, 1.54) is 45.2 Å². The van der Waals surface area contributed by atoms with Crippen molar-refractivity contribution in [2.75, 3.05) is 61.0 Å². The average molecular weight is 432 g/mol. The van der Waals surface area contributed by atoms with Gasteiger partial charge in [-0.15, -0.1) is 0 Å². The summed E-state index contributed by atoms with van der Waals surface area (Å²) in [6, 6.07) is 5.92. The summed E-state index contributed by atoms with van der Waals surface area (Å²) < 4.78 is 11.0. The van der Waals surface area contributed by atoms with Crippen molar-refractivity contribution in [2.45, 2.75) is 50.6 Å². The minimum atomic E-state index is 0.0275. The van der Waals surface area contributed by atoms with Crippen LogP contribution in [0, 0.1) is 0 Å². The number of nitrogens with zero attached hydrogens (tertiary/aromatic N) is 3. The fourth-order valence-corrected chi connectivity index (χ4v) is 4.91. The van der Waals surface area contributed by atoms with Crippen LogP contribution in [0.15, 0.2) is 23.2 Å². The zero-order chi connectivity index (χ0) is 22.3. The van der Waals surface area contributed by atoms with Crippen LogP contribution in [0.3, 0.4) is 0 Å². The van der Waals surface area contributed by atoms with E-state index in [2.05, 4.69) is 39.4 Å². The fraction of sp³-hybridized carbons (Fsp3) is 0.708. The number of ether oxygens (including phenoxy) is 2. The summed E-state index contributed by atoms with van der Waals surface area (Å²) in [6.07, 6.45) is 6.40. The molecule has 174 valence electrons. The first kappa shape index (κ1) is 23.7. The maximum atomic E-state index is 5.57. The monoisotopic (exact) mass is 431 g/mol. The molecule has 1 atom stereocenters. The Bertz CT molecular complexity index is 725. The van der Waals surface area contributed by atoms with E-state index in [9.17, 15) is 0 Å². The number of aliphatic imine (C=N–C) groups is 1. The lowest BCUT2D eigenvalue weighted by molar-refractivity contribution is 0.0173. The van der Waals surface area contributed by atoms with Crippen LogP contribution in [0.25, 0.3) is 0 Å². The molecule has 2 saturated heterocycles. The molecule has 2 fully saturated rings. The zero-order valence-corrected chi connectivity index (χ0v) is 20.0. The topological polar surface area (TPSA) is 61.4 Å². The standard InChI is InChI=1S/C24H41N5O2/c1-19(21-17-20(30-4)9-10-22(21)31-5)27-23(25-2)26-18-24(11-15-28(3)16-12-24)29-13-7-6-8-14-29/h9-10,17,19H,6-8,11-16,18H2,1-5H3,(H2,25,26,27). The summed E-state index contributed by atoms with van der Waals surface area (Å²) in [4.78, 5) is 9.72. The minimum absolute atomic E-state index is 0.0275. The zero-order valence-electron chi connectivity index (χ0n) is 20.0. The summed E-state index contributed by atoms with van der Waals surface area (Å²) in [5.74, 6) is 2.49. The fourth-order valence-electron chi connectivity index (χ4n) is 4.91. The number of hydrogen-bond acceptors (Lipinski definition) is 5. The molecule has 0 saturated carbocycles. The van der Waals surface area contributed by atoms with Crippen LogP contribution < -0.4 is 20.1 Å². The highest BCUT2D eigenvalue weighted by molar-refractivity contribution is 5.80. The van der Waals surface area contributed by atoms with Crippen LogP contribution in [0.4, 0.5) is 0 Å². The molecule has 0 radical (unpaired) electrons. The molecule has 1 aromatic rings. The molecule has 0 bridgehead atoms. The maximum Gasteiger partial charge on any atom is 0.191 e. The van der Waals surface area contributed by atoms with Crippen molar-refractivity contribution in [1.82, 2.24) is 20.4 Å². The summed E-state index contributed by atoms with van der Waals surface area (Å²) in [6.45, 7) is 7.79. The van der Waals surface area contributed by atoms with Gasteiger partial charge in [-0.05, 0) is 84.0 Å². The molecule has 1 aromatic carbocycles. The van der Waals surface area contributed by atoms with Crippen LogP contribution in [0.1, 0.15) is 50.6 Å². The van der Waals surface area contributed by atoms with Gasteiger partial charge in [-0.1, -0.05) is 6.42 Å². The first-order chi connectivity index (χ1) is 15.0. The molecule has 2 N–H and O–H groups in total. The number of methoxy groups -OCH3 is 2. The van der Waals surface area contributed by atoms with Crippen LogP contribution in [0.5, 0.6) is 11.5 Å². The second-order valence-corrected chi connectivity index (χ2v) is 8.97. The van der Waals surface area contributed by atoms with E-state index < -0.39 is 0 Å². The van der Waals surface area contributed by atoms with Crippen LogP contribution >= 0.6 is 0 Å². The predicted octanol–water partition coefficient (Wildman–Crippen LogP) is 2.88. The molecule has 2 aliphatic heterocycles. The van der Waals surface area contributed by atoms with Gasteiger partial charge in [-0.25, -0.2) is 0 Å². The van der Waals surface area contributed by atoms with Gasteiger partial charge in [0, 0.05) is 24.7 Å². The molecule has 0 amide bonds. The molecule has 2 heterocycles. The Kier molecular flexibility index (Phi) is 8.43. The van der Waals surface area contributed by atoms with E-state index >= 15 is 0 Å². The van der Waals surface area contributed by atoms with Crippen molar-refractivity contribution in [3.63, 3.8) is 0 Å². The van der Waals surface area contributed by atoms with Crippen LogP contribution in [0.2, 0.25) is 0 Å². The van der Waals surface area contributed by atoms with Gasteiger partial charge in [0.05, 0.1) is 20.3 Å². The SMILES string of the molecule is CN=C(NCC1(N2CCCCC2)CCN(C)CC1)NC(C)c1cc(OC)ccc1OC. The second kappa shape index (κ2) is 11.0. The Morgan fingerprint density at radius 2 is 1.81 bits per heavy atom. The number of benzene rings is 1. The van der Waals surface area contributed by atoms with Crippen molar-refractivity contribution >= 4 is 5.96 Å². The number of nitrogens with one attached hydrogen (secondary N) is 2. The first-order valence-corrected chi connectivity index (χ1v) is 11.6. The highest BCUT2D eigenvalue weighted by Crippen LogP contribution is 2.31. The lowest BCUT2D eigenvalue weighted by Crippen LogP contribution is -2.62. The van der Waals surface area contributed by atoms with Crippen LogP contribution in [-0.4, -0.2) is 82.3 Å². The van der Waals surface area contributed by atoms with Crippen molar-refractivity contribution in [1.29, 1.82) is 0 Å². The Balaban J connectivity index is 1.68. The van der Waals surface area contributed by atoms with E-state index in [4.69, 9.17) is 9.47 Å². The molecule has 3 rings (SSSR count). The van der Waals surface area contributed by atoms with Crippen molar-refractivity contribution in [3.05, 3.63) is 23.8 Å². The van der Waals surface area contributed by atoms with E-state index in [0.717, 1.165) is 42.7 Å². The van der Waals surface area contributed by atoms with Gasteiger partial charge in [0.15, 0.2) is 5.96 Å². The quantitative estimate of drug-likeness (QED) is 0.511.